The van der Waals surface area contributed by atoms with Crippen LogP contribution in [0.3, 0.4) is 0 Å². The normalized spacial score (nSPS) is 10.3. The second-order valence-electron chi connectivity index (χ2n) is 4.90. The van der Waals surface area contributed by atoms with Gasteiger partial charge in [0.05, 0.1) is 24.6 Å². The number of amides is 1. The Bertz CT molecular complexity index is 782. The van der Waals surface area contributed by atoms with Crippen LogP contribution >= 0.6 is 0 Å². The molecule has 6 nitrogen and oxygen atoms in total. The molecule has 0 atom stereocenters. The van der Waals surface area contributed by atoms with Crippen LogP contribution in [0.4, 0.5) is 0 Å². The van der Waals surface area contributed by atoms with E-state index in [2.05, 4.69) is 15.4 Å². The first-order valence-electron chi connectivity index (χ1n) is 7.13. The number of nitrogens with zero attached hydrogens (tertiary/aromatic N) is 3. The van der Waals surface area contributed by atoms with Crippen LogP contribution in [0.1, 0.15) is 15.9 Å². The Morgan fingerprint density at radius 1 is 1.17 bits per heavy atom. The maximum absolute atomic E-state index is 12.1. The molecule has 1 aromatic carbocycles. The van der Waals surface area contributed by atoms with E-state index >= 15 is 0 Å². The molecule has 6 heteroatoms. The number of carbonyl (C=O) groups is 1. The van der Waals surface area contributed by atoms with Crippen molar-refractivity contribution in [3.8, 4) is 11.6 Å². The Labute approximate surface area is 133 Å². The van der Waals surface area contributed by atoms with Gasteiger partial charge in [0.15, 0.2) is 0 Å². The fourth-order valence-corrected chi connectivity index (χ4v) is 2.09. The van der Waals surface area contributed by atoms with Gasteiger partial charge in [-0.15, -0.1) is 0 Å². The molecule has 0 unspecified atom stereocenters. The lowest BCUT2D eigenvalue weighted by Gasteiger charge is -2.04. The minimum Gasteiger partial charge on any atom is -0.481 e. The highest BCUT2D eigenvalue weighted by Crippen LogP contribution is 2.09. The van der Waals surface area contributed by atoms with Gasteiger partial charge in [-0.2, -0.15) is 5.10 Å². The van der Waals surface area contributed by atoms with E-state index < -0.39 is 0 Å². The highest BCUT2D eigenvalue weighted by Gasteiger charge is 2.07. The van der Waals surface area contributed by atoms with Gasteiger partial charge in [0.2, 0.25) is 5.88 Å². The second kappa shape index (κ2) is 6.74. The molecule has 0 saturated carbocycles. The smallest absolute Gasteiger partial charge is 0.253 e. The molecular formula is C17H16N4O2. The van der Waals surface area contributed by atoms with Crippen molar-refractivity contribution in [2.24, 2.45) is 0 Å². The first-order chi connectivity index (χ1) is 11.3. The summed E-state index contributed by atoms with van der Waals surface area (Å²) in [5, 5.41) is 7.14. The molecule has 3 aromatic rings. The zero-order chi connectivity index (χ0) is 16.1. The molecule has 0 bridgehead atoms. The maximum atomic E-state index is 12.1. The second-order valence-corrected chi connectivity index (χ2v) is 4.90. The average Bonchev–Trinajstić information content (AvgIpc) is 3.09. The largest absolute Gasteiger partial charge is 0.481 e. The number of benzene rings is 1. The fraction of sp³-hybridized carbons (Fsp3) is 0.118. The Hall–Kier alpha value is -3.15. The minimum atomic E-state index is -0.187. The van der Waals surface area contributed by atoms with Crippen LogP contribution in [-0.4, -0.2) is 27.8 Å². The van der Waals surface area contributed by atoms with Gasteiger partial charge in [0.1, 0.15) is 0 Å². The lowest BCUT2D eigenvalue weighted by Crippen LogP contribution is -2.22. The predicted molar refractivity (Wildman–Crippen MR) is 85.5 cm³/mol. The molecule has 1 N–H and O–H groups in total. The molecule has 0 aliphatic carbocycles. The van der Waals surface area contributed by atoms with Crippen molar-refractivity contribution < 1.29 is 9.53 Å². The molecule has 2 aromatic heterocycles. The molecule has 23 heavy (non-hydrogen) atoms. The number of hydrogen-bond donors (Lipinski definition) is 1. The van der Waals surface area contributed by atoms with Gasteiger partial charge in [0.25, 0.3) is 5.91 Å². The molecule has 3 rings (SSSR count). The summed E-state index contributed by atoms with van der Waals surface area (Å²) in [7, 11) is 1.53. The van der Waals surface area contributed by atoms with Crippen molar-refractivity contribution in [2.75, 3.05) is 7.11 Å². The van der Waals surface area contributed by atoms with Gasteiger partial charge >= 0.3 is 0 Å². The lowest BCUT2D eigenvalue weighted by atomic mass is 10.2. The summed E-state index contributed by atoms with van der Waals surface area (Å²) in [6, 6.07) is 13.1. The van der Waals surface area contributed by atoms with Gasteiger partial charge < -0.3 is 10.1 Å². The Kier molecular flexibility index (Phi) is 4.33. The molecule has 0 aliphatic rings. The van der Waals surface area contributed by atoms with Crippen molar-refractivity contribution in [2.45, 2.75) is 6.54 Å². The van der Waals surface area contributed by atoms with E-state index in [1.807, 2.05) is 36.5 Å². The van der Waals surface area contributed by atoms with E-state index in [0.717, 1.165) is 11.3 Å². The summed E-state index contributed by atoms with van der Waals surface area (Å²) in [5.74, 6) is 0.290. The SMILES string of the molecule is COc1ccc(C(=O)NCc2cnn(-c3ccccc3)c2)cn1. The number of rotatable bonds is 5. The van der Waals surface area contributed by atoms with Crippen LogP contribution in [0.15, 0.2) is 61.1 Å². The van der Waals surface area contributed by atoms with Crippen molar-refractivity contribution >= 4 is 5.91 Å². The summed E-state index contributed by atoms with van der Waals surface area (Å²) >= 11 is 0. The maximum Gasteiger partial charge on any atom is 0.253 e. The van der Waals surface area contributed by atoms with Crippen LogP contribution in [0.25, 0.3) is 5.69 Å². The number of methoxy groups -OCH3 is 1. The number of ether oxygens (including phenoxy) is 1. The average molecular weight is 308 g/mol. The number of carbonyl (C=O) groups excluding carboxylic acids is 1. The first kappa shape index (κ1) is 14.8. The number of aromatic nitrogens is 3. The minimum absolute atomic E-state index is 0.187. The summed E-state index contributed by atoms with van der Waals surface area (Å²) in [4.78, 5) is 16.1. The van der Waals surface area contributed by atoms with Gasteiger partial charge in [-0.1, -0.05) is 18.2 Å². The summed E-state index contributed by atoms with van der Waals surface area (Å²) in [5.41, 5.74) is 2.38. The monoisotopic (exact) mass is 308 g/mol. The van der Waals surface area contributed by atoms with Crippen molar-refractivity contribution in [3.05, 3.63) is 72.2 Å². The number of hydrogen-bond acceptors (Lipinski definition) is 4. The van der Waals surface area contributed by atoms with Gasteiger partial charge in [-0.05, 0) is 18.2 Å². The number of pyridine rings is 1. The van der Waals surface area contributed by atoms with Gasteiger partial charge in [-0.3, -0.25) is 4.79 Å². The molecule has 0 spiro atoms. The standard InChI is InChI=1S/C17H16N4O2/c1-23-16-8-7-14(11-18-16)17(22)19-9-13-10-20-21(12-13)15-5-3-2-4-6-15/h2-8,10-12H,9H2,1H3,(H,19,22). The molecule has 0 aliphatic heterocycles. The van der Waals surface area contributed by atoms with Gasteiger partial charge in [-0.25, -0.2) is 9.67 Å². The number of para-hydroxylation sites is 1. The molecule has 0 fully saturated rings. The third-order valence-electron chi connectivity index (χ3n) is 3.32. The van der Waals surface area contributed by atoms with Crippen molar-refractivity contribution in [3.63, 3.8) is 0 Å². The molecule has 0 radical (unpaired) electrons. The van der Waals surface area contributed by atoms with Crippen LogP contribution in [0.2, 0.25) is 0 Å². The van der Waals surface area contributed by atoms with Crippen LogP contribution in [-0.2, 0) is 6.54 Å². The van der Waals surface area contributed by atoms with E-state index in [0.29, 0.717) is 18.0 Å². The highest BCUT2D eigenvalue weighted by atomic mass is 16.5. The third kappa shape index (κ3) is 3.55. The van der Waals surface area contributed by atoms with E-state index in [1.54, 1.807) is 23.0 Å². The molecule has 2 heterocycles. The predicted octanol–water partition coefficient (Wildman–Crippen LogP) is 2.21. The van der Waals surface area contributed by atoms with E-state index in [4.69, 9.17) is 4.74 Å². The highest BCUT2D eigenvalue weighted by molar-refractivity contribution is 5.93. The first-order valence-corrected chi connectivity index (χ1v) is 7.13. The number of nitrogens with one attached hydrogen (secondary N) is 1. The van der Waals surface area contributed by atoms with E-state index in [1.165, 1.54) is 13.3 Å². The summed E-state index contributed by atoms with van der Waals surface area (Å²) in [6.07, 6.45) is 5.11. The Balaban J connectivity index is 1.62. The van der Waals surface area contributed by atoms with Crippen LogP contribution < -0.4 is 10.1 Å². The Morgan fingerprint density at radius 2 is 2.00 bits per heavy atom. The molecule has 116 valence electrons. The van der Waals surface area contributed by atoms with E-state index in [-0.39, 0.29) is 5.91 Å². The zero-order valence-electron chi connectivity index (χ0n) is 12.6. The fourth-order valence-electron chi connectivity index (χ4n) is 2.09. The molecule has 0 saturated heterocycles. The van der Waals surface area contributed by atoms with Crippen LogP contribution in [0.5, 0.6) is 5.88 Å². The Morgan fingerprint density at radius 3 is 2.70 bits per heavy atom. The third-order valence-corrected chi connectivity index (χ3v) is 3.32. The zero-order valence-corrected chi connectivity index (χ0v) is 12.6. The van der Waals surface area contributed by atoms with Gasteiger partial charge in [0, 0.05) is 30.6 Å². The topological polar surface area (TPSA) is 69.0 Å². The summed E-state index contributed by atoms with van der Waals surface area (Å²) in [6.45, 7) is 0.400. The lowest BCUT2D eigenvalue weighted by molar-refractivity contribution is 0.0950. The van der Waals surface area contributed by atoms with Crippen molar-refractivity contribution in [1.29, 1.82) is 0 Å². The van der Waals surface area contributed by atoms with E-state index in [9.17, 15) is 4.79 Å². The van der Waals surface area contributed by atoms with Crippen molar-refractivity contribution in [1.82, 2.24) is 20.1 Å². The molecule has 1 amide bonds. The van der Waals surface area contributed by atoms with Crippen LogP contribution in [0, 0.1) is 0 Å². The summed E-state index contributed by atoms with van der Waals surface area (Å²) < 4.78 is 6.74. The quantitative estimate of drug-likeness (QED) is 0.784. The molecular weight excluding hydrogens is 292 g/mol.